The average molecular weight is 321 g/mol. The summed E-state index contributed by atoms with van der Waals surface area (Å²) >= 11 is 5.62. The first-order valence-electron chi connectivity index (χ1n) is 6.54. The molecule has 0 amide bonds. The predicted molar refractivity (Wildman–Crippen MR) is 76.1 cm³/mol. The van der Waals surface area contributed by atoms with Gasteiger partial charge in [0.05, 0.1) is 5.69 Å². The molecule has 0 unspecified atom stereocenters. The van der Waals surface area contributed by atoms with Crippen molar-refractivity contribution >= 4 is 22.9 Å². The van der Waals surface area contributed by atoms with Crippen LogP contribution in [0.5, 0.6) is 0 Å². The summed E-state index contributed by atoms with van der Waals surface area (Å²) in [6.45, 7) is 2.92. The Hall–Kier alpha value is -1.50. The first-order chi connectivity index (χ1) is 9.81. The summed E-state index contributed by atoms with van der Waals surface area (Å²) in [6, 6.07) is 1.77. The van der Waals surface area contributed by atoms with Gasteiger partial charge in [-0.15, -0.1) is 11.6 Å². The van der Waals surface area contributed by atoms with Crippen molar-refractivity contribution in [3.8, 4) is 0 Å². The van der Waals surface area contributed by atoms with Crippen LogP contribution >= 0.6 is 11.6 Å². The molecule has 0 aliphatic heterocycles. The lowest BCUT2D eigenvalue weighted by Crippen LogP contribution is -2.36. The molecule has 2 aromatic rings. The van der Waals surface area contributed by atoms with Crippen LogP contribution in [0.1, 0.15) is 25.5 Å². The molecule has 0 spiro atoms. The van der Waals surface area contributed by atoms with E-state index >= 15 is 0 Å². The minimum Gasteiger partial charge on any atom is -0.345 e. The Bertz CT molecular complexity index is 609. The van der Waals surface area contributed by atoms with Gasteiger partial charge in [-0.05, 0) is 12.0 Å². The molecule has 0 aliphatic rings. The number of rotatable bonds is 5. The van der Waals surface area contributed by atoms with Crippen LogP contribution in [0, 0.1) is 0 Å². The van der Waals surface area contributed by atoms with Crippen molar-refractivity contribution in [2.24, 2.45) is 0 Å². The van der Waals surface area contributed by atoms with Gasteiger partial charge >= 0.3 is 6.18 Å². The predicted octanol–water partition coefficient (Wildman–Crippen LogP) is 3.46. The molecule has 0 saturated carbocycles. The van der Waals surface area contributed by atoms with Crippen molar-refractivity contribution in [2.45, 2.75) is 25.9 Å². The maximum Gasteiger partial charge on any atom is 0.405 e. The van der Waals surface area contributed by atoms with E-state index in [0.29, 0.717) is 5.52 Å². The molecule has 2 rings (SSSR count). The zero-order chi connectivity index (χ0) is 15.6. The third kappa shape index (κ3) is 3.78. The molecule has 4 nitrogen and oxygen atoms in total. The van der Waals surface area contributed by atoms with E-state index in [4.69, 9.17) is 11.6 Å². The first-order valence-corrected chi connectivity index (χ1v) is 7.07. The standard InChI is InChI=1S/C13H16ClF3N4/c1-9(2)10-7-11-12(18-4-6-21(11)19-10)20(5-3-14)8-13(15,16)17/h4,6-7,9H,3,5,8H2,1-2H3. The van der Waals surface area contributed by atoms with E-state index in [2.05, 4.69) is 10.1 Å². The van der Waals surface area contributed by atoms with Gasteiger partial charge in [-0.2, -0.15) is 18.3 Å². The van der Waals surface area contributed by atoms with Gasteiger partial charge in [-0.3, -0.25) is 0 Å². The van der Waals surface area contributed by atoms with Crippen LogP contribution in [0.15, 0.2) is 18.5 Å². The van der Waals surface area contributed by atoms with E-state index in [1.807, 2.05) is 13.8 Å². The maximum atomic E-state index is 12.7. The lowest BCUT2D eigenvalue weighted by Gasteiger charge is -2.24. The summed E-state index contributed by atoms with van der Waals surface area (Å²) in [6.07, 6.45) is -1.25. The highest BCUT2D eigenvalue weighted by molar-refractivity contribution is 6.18. The summed E-state index contributed by atoms with van der Waals surface area (Å²) in [5, 5.41) is 4.35. The molecule has 2 aromatic heterocycles. The number of anilines is 1. The van der Waals surface area contributed by atoms with Crippen LogP contribution in [0.3, 0.4) is 0 Å². The number of aromatic nitrogens is 3. The van der Waals surface area contributed by atoms with Gasteiger partial charge in [0.2, 0.25) is 0 Å². The molecular weight excluding hydrogens is 305 g/mol. The van der Waals surface area contributed by atoms with Crippen LogP contribution in [0.4, 0.5) is 19.0 Å². The Kier molecular flexibility index (Phi) is 4.61. The fourth-order valence-electron chi connectivity index (χ4n) is 2.03. The summed E-state index contributed by atoms with van der Waals surface area (Å²) < 4.78 is 39.7. The van der Waals surface area contributed by atoms with Gasteiger partial charge in [0.1, 0.15) is 12.1 Å². The molecule has 21 heavy (non-hydrogen) atoms. The third-order valence-corrected chi connectivity index (χ3v) is 3.17. The average Bonchev–Trinajstić information content (AvgIpc) is 2.80. The smallest absolute Gasteiger partial charge is 0.345 e. The van der Waals surface area contributed by atoms with Gasteiger partial charge in [0.25, 0.3) is 0 Å². The van der Waals surface area contributed by atoms with E-state index in [9.17, 15) is 13.2 Å². The Labute approximate surface area is 125 Å². The largest absolute Gasteiger partial charge is 0.405 e. The number of hydrogen-bond acceptors (Lipinski definition) is 3. The Balaban J connectivity index is 2.46. The Morgan fingerprint density at radius 1 is 1.38 bits per heavy atom. The lowest BCUT2D eigenvalue weighted by atomic mass is 10.1. The van der Waals surface area contributed by atoms with Crippen LogP contribution in [-0.2, 0) is 0 Å². The highest BCUT2D eigenvalue weighted by Gasteiger charge is 2.32. The van der Waals surface area contributed by atoms with E-state index in [-0.39, 0.29) is 24.2 Å². The number of nitrogens with zero attached hydrogens (tertiary/aromatic N) is 4. The molecule has 0 aromatic carbocycles. The van der Waals surface area contributed by atoms with Crippen LogP contribution in [0.25, 0.3) is 5.52 Å². The number of halogens is 4. The molecule has 0 radical (unpaired) electrons. The molecule has 0 fully saturated rings. The van der Waals surface area contributed by atoms with Gasteiger partial charge in [0, 0.05) is 24.8 Å². The molecule has 0 atom stereocenters. The normalized spacial score (nSPS) is 12.3. The third-order valence-electron chi connectivity index (χ3n) is 3.00. The van der Waals surface area contributed by atoms with E-state index in [1.54, 1.807) is 16.8 Å². The molecule has 0 N–H and O–H groups in total. The topological polar surface area (TPSA) is 33.4 Å². The molecule has 8 heteroatoms. The van der Waals surface area contributed by atoms with E-state index in [1.165, 1.54) is 6.20 Å². The molecule has 0 aliphatic carbocycles. The van der Waals surface area contributed by atoms with Crippen molar-refractivity contribution in [3.63, 3.8) is 0 Å². The molecule has 0 saturated heterocycles. The number of fused-ring (bicyclic) bond motifs is 1. The minimum atomic E-state index is -4.32. The monoisotopic (exact) mass is 320 g/mol. The van der Waals surface area contributed by atoms with Crippen LogP contribution in [-0.4, -0.2) is 39.7 Å². The Morgan fingerprint density at radius 2 is 2.10 bits per heavy atom. The van der Waals surface area contributed by atoms with Crippen molar-refractivity contribution in [1.82, 2.24) is 14.6 Å². The van der Waals surface area contributed by atoms with Crippen molar-refractivity contribution < 1.29 is 13.2 Å². The van der Waals surface area contributed by atoms with Crippen LogP contribution < -0.4 is 4.90 Å². The second-order valence-corrected chi connectivity index (χ2v) is 5.41. The van der Waals surface area contributed by atoms with Gasteiger partial charge < -0.3 is 4.90 Å². The summed E-state index contributed by atoms with van der Waals surface area (Å²) in [7, 11) is 0. The van der Waals surface area contributed by atoms with E-state index in [0.717, 1.165) is 10.6 Å². The second-order valence-electron chi connectivity index (χ2n) is 5.03. The lowest BCUT2D eigenvalue weighted by molar-refractivity contribution is -0.119. The zero-order valence-electron chi connectivity index (χ0n) is 11.7. The van der Waals surface area contributed by atoms with Crippen LogP contribution in [0.2, 0.25) is 0 Å². The Morgan fingerprint density at radius 3 is 2.67 bits per heavy atom. The summed E-state index contributed by atoms with van der Waals surface area (Å²) in [5.41, 5.74) is 1.36. The summed E-state index contributed by atoms with van der Waals surface area (Å²) in [5.74, 6) is 0.515. The van der Waals surface area contributed by atoms with Crippen molar-refractivity contribution in [3.05, 3.63) is 24.2 Å². The molecule has 0 bridgehead atoms. The summed E-state index contributed by atoms with van der Waals surface area (Å²) in [4.78, 5) is 5.22. The zero-order valence-corrected chi connectivity index (χ0v) is 12.5. The van der Waals surface area contributed by atoms with Gasteiger partial charge in [0.15, 0.2) is 5.82 Å². The van der Waals surface area contributed by atoms with Crippen molar-refractivity contribution in [1.29, 1.82) is 0 Å². The molecular formula is C13H16ClF3N4. The first kappa shape index (κ1) is 15.9. The fraction of sp³-hybridized carbons (Fsp3) is 0.538. The number of alkyl halides is 4. The maximum absolute atomic E-state index is 12.7. The minimum absolute atomic E-state index is 0.0654. The molecule has 2 heterocycles. The van der Waals surface area contributed by atoms with E-state index < -0.39 is 12.7 Å². The highest BCUT2D eigenvalue weighted by Crippen LogP contribution is 2.26. The fourth-order valence-corrected chi connectivity index (χ4v) is 2.24. The van der Waals surface area contributed by atoms with Gasteiger partial charge in [-0.25, -0.2) is 9.50 Å². The number of hydrogen-bond donors (Lipinski definition) is 0. The van der Waals surface area contributed by atoms with Gasteiger partial charge in [-0.1, -0.05) is 13.8 Å². The highest BCUT2D eigenvalue weighted by atomic mass is 35.5. The molecule has 116 valence electrons. The second kappa shape index (κ2) is 6.09. The quantitative estimate of drug-likeness (QED) is 0.791. The van der Waals surface area contributed by atoms with Crippen molar-refractivity contribution in [2.75, 3.05) is 23.9 Å². The SMILES string of the molecule is CC(C)c1cc2c(N(CCCl)CC(F)(F)F)nccn2n1.